The molecule has 0 aromatic heterocycles. The van der Waals surface area contributed by atoms with E-state index >= 15 is 0 Å². The number of hydroxylamine groups is 1. The molecule has 0 aliphatic carbocycles. The van der Waals surface area contributed by atoms with Gasteiger partial charge in [-0.05, 0) is 0 Å². The highest BCUT2D eigenvalue weighted by Crippen LogP contribution is 1.72. The average Bonchev–Trinajstić information content (AvgIpc) is 1.97. The molecular formula is C6H16N2O2. The zero-order chi connectivity index (χ0) is 7.66. The van der Waals surface area contributed by atoms with Gasteiger partial charge in [0.25, 0.3) is 0 Å². The molecule has 62 valence electrons. The van der Waals surface area contributed by atoms with E-state index < -0.39 is 0 Å². The molecule has 0 amide bonds. The molecule has 0 radical (unpaired) electrons. The van der Waals surface area contributed by atoms with E-state index in [4.69, 9.17) is 15.3 Å². The van der Waals surface area contributed by atoms with Gasteiger partial charge in [-0.15, -0.1) is 0 Å². The summed E-state index contributed by atoms with van der Waals surface area (Å²) in [5.74, 6) is 0. The number of rotatable bonds is 7. The summed E-state index contributed by atoms with van der Waals surface area (Å²) in [7, 11) is 0. The third-order valence-electron chi connectivity index (χ3n) is 0.838. The molecule has 4 heteroatoms. The highest BCUT2D eigenvalue weighted by Gasteiger charge is 1.85. The highest BCUT2D eigenvalue weighted by atomic mass is 16.7. The van der Waals surface area contributed by atoms with Crippen molar-refractivity contribution >= 4 is 0 Å². The van der Waals surface area contributed by atoms with Crippen LogP contribution in [0.4, 0.5) is 0 Å². The topological polar surface area (TPSA) is 56.5 Å². The summed E-state index contributed by atoms with van der Waals surface area (Å²) in [6.45, 7) is 5.15. The SMILES string of the molecule is CCNOCCOCCN. The summed E-state index contributed by atoms with van der Waals surface area (Å²) >= 11 is 0. The van der Waals surface area contributed by atoms with Gasteiger partial charge in [0.2, 0.25) is 0 Å². The number of nitrogens with one attached hydrogen (secondary N) is 1. The third kappa shape index (κ3) is 7.84. The average molecular weight is 148 g/mol. The molecule has 4 nitrogen and oxygen atoms in total. The van der Waals surface area contributed by atoms with Gasteiger partial charge < -0.3 is 10.5 Å². The monoisotopic (exact) mass is 148 g/mol. The lowest BCUT2D eigenvalue weighted by Crippen LogP contribution is -2.18. The highest BCUT2D eigenvalue weighted by molar-refractivity contribution is 4.30. The number of hydrogen-bond donors (Lipinski definition) is 2. The molecule has 0 saturated carbocycles. The molecular weight excluding hydrogens is 132 g/mol. The van der Waals surface area contributed by atoms with E-state index in [0.29, 0.717) is 26.4 Å². The van der Waals surface area contributed by atoms with E-state index in [9.17, 15) is 0 Å². The van der Waals surface area contributed by atoms with Crippen LogP contribution in [0, 0.1) is 0 Å². The Labute approximate surface area is 61.6 Å². The molecule has 0 atom stereocenters. The Balaban J connectivity index is 2.65. The lowest BCUT2D eigenvalue weighted by atomic mass is 10.7. The summed E-state index contributed by atoms with van der Waals surface area (Å²) < 4.78 is 5.04. The molecule has 0 aromatic carbocycles. The molecule has 0 spiro atoms. The largest absolute Gasteiger partial charge is 0.378 e. The van der Waals surface area contributed by atoms with Gasteiger partial charge in [-0.3, -0.25) is 4.84 Å². The van der Waals surface area contributed by atoms with Crippen molar-refractivity contribution in [3.63, 3.8) is 0 Å². The standard InChI is InChI=1S/C6H16N2O2/c1-2-8-10-6-5-9-4-3-7/h8H,2-7H2,1H3. The first kappa shape index (κ1) is 9.84. The summed E-state index contributed by atoms with van der Waals surface area (Å²) in [5, 5.41) is 0. The van der Waals surface area contributed by atoms with Gasteiger partial charge in [0, 0.05) is 13.1 Å². The van der Waals surface area contributed by atoms with Crippen molar-refractivity contribution in [1.29, 1.82) is 0 Å². The number of ether oxygens (including phenoxy) is 1. The van der Waals surface area contributed by atoms with Gasteiger partial charge in [0.05, 0.1) is 19.8 Å². The van der Waals surface area contributed by atoms with Crippen molar-refractivity contribution in [2.75, 3.05) is 32.9 Å². The van der Waals surface area contributed by atoms with Crippen molar-refractivity contribution in [1.82, 2.24) is 5.48 Å². The zero-order valence-electron chi connectivity index (χ0n) is 6.43. The Morgan fingerprint density at radius 2 is 2.10 bits per heavy atom. The first-order valence-electron chi connectivity index (χ1n) is 3.54. The van der Waals surface area contributed by atoms with Crippen LogP contribution in [0.5, 0.6) is 0 Å². The van der Waals surface area contributed by atoms with Gasteiger partial charge in [-0.2, -0.15) is 0 Å². The van der Waals surface area contributed by atoms with Gasteiger partial charge in [-0.1, -0.05) is 6.92 Å². The summed E-state index contributed by atoms with van der Waals surface area (Å²) in [4.78, 5) is 4.91. The van der Waals surface area contributed by atoms with Crippen LogP contribution in [0.25, 0.3) is 0 Å². The molecule has 0 rings (SSSR count). The van der Waals surface area contributed by atoms with Crippen LogP contribution >= 0.6 is 0 Å². The normalized spacial score (nSPS) is 10.2. The smallest absolute Gasteiger partial charge is 0.0916 e. The minimum atomic E-state index is 0.571. The third-order valence-corrected chi connectivity index (χ3v) is 0.838. The predicted octanol–water partition coefficient (Wildman–Crippen LogP) is -0.497. The Kier molecular flexibility index (Phi) is 8.70. The van der Waals surface area contributed by atoms with Gasteiger partial charge in [0.1, 0.15) is 0 Å². The maximum Gasteiger partial charge on any atom is 0.0916 e. The fourth-order valence-electron chi connectivity index (χ4n) is 0.460. The fourth-order valence-corrected chi connectivity index (χ4v) is 0.460. The lowest BCUT2D eigenvalue weighted by Gasteiger charge is -2.03. The minimum absolute atomic E-state index is 0.571. The fraction of sp³-hybridized carbons (Fsp3) is 1.00. The molecule has 0 fully saturated rings. The van der Waals surface area contributed by atoms with Gasteiger partial charge >= 0.3 is 0 Å². The Bertz CT molecular complexity index is 53.7. The Morgan fingerprint density at radius 3 is 2.70 bits per heavy atom. The molecule has 3 N–H and O–H groups in total. The van der Waals surface area contributed by atoms with Gasteiger partial charge in [-0.25, -0.2) is 5.48 Å². The van der Waals surface area contributed by atoms with Crippen LogP contribution in [0.1, 0.15) is 6.92 Å². The zero-order valence-corrected chi connectivity index (χ0v) is 6.43. The van der Waals surface area contributed by atoms with Crippen molar-refractivity contribution < 1.29 is 9.57 Å². The second kappa shape index (κ2) is 8.84. The molecule has 0 bridgehead atoms. The first-order valence-corrected chi connectivity index (χ1v) is 3.54. The van der Waals surface area contributed by atoms with E-state index in [0.717, 1.165) is 6.54 Å². The van der Waals surface area contributed by atoms with E-state index in [1.54, 1.807) is 0 Å². The van der Waals surface area contributed by atoms with Crippen LogP contribution in [0.2, 0.25) is 0 Å². The molecule has 0 aliphatic rings. The summed E-state index contributed by atoms with van der Waals surface area (Å²) in [5.41, 5.74) is 7.90. The van der Waals surface area contributed by atoms with E-state index in [1.165, 1.54) is 0 Å². The maximum absolute atomic E-state index is 5.19. The van der Waals surface area contributed by atoms with Crippen LogP contribution in [-0.2, 0) is 9.57 Å². The van der Waals surface area contributed by atoms with Crippen molar-refractivity contribution in [3.05, 3.63) is 0 Å². The van der Waals surface area contributed by atoms with Crippen molar-refractivity contribution in [2.45, 2.75) is 6.92 Å². The summed E-state index contributed by atoms with van der Waals surface area (Å²) in [6, 6.07) is 0. The quantitative estimate of drug-likeness (QED) is 0.377. The van der Waals surface area contributed by atoms with Gasteiger partial charge in [0.15, 0.2) is 0 Å². The molecule has 0 aromatic rings. The van der Waals surface area contributed by atoms with Crippen molar-refractivity contribution in [3.8, 4) is 0 Å². The first-order chi connectivity index (χ1) is 4.91. The van der Waals surface area contributed by atoms with Crippen LogP contribution in [-0.4, -0.2) is 32.9 Å². The van der Waals surface area contributed by atoms with E-state index in [2.05, 4.69) is 5.48 Å². The summed E-state index contributed by atoms with van der Waals surface area (Å²) in [6.07, 6.45) is 0. The second-order valence-electron chi connectivity index (χ2n) is 1.75. The van der Waals surface area contributed by atoms with Crippen LogP contribution in [0.15, 0.2) is 0 Å². The second-order valence-corrected chi connectivity index (χ2v) is 1.75. The number of nitrogens with two attached hydrogens (primary N) is 1. The van der Waals surface area contributed by atoms with Crippen LogP contribution < -0.4 is 11.2 Å². The molecule has 10 heavy (non-hydrogen) atoms. The number of hydrogen-bond acceptors (Lipinski definition) is 4. The lowest BCUT2D eigenvalue weighted by molar-refractivity contribution is -0.000860. The van der Waals surface area contributed by atoms with E-state index in [-0.39, 0.29) is 0 Å². The maximum atomic E-state index is 5.19. The van der Waals surface area contributed by atoms with Crippen molar-refractivity contribution in [2.24, 2.45) is 5.73 Å². The predicted molar refractivity (Wildman–Crippen MR) is 39.5 cm³/mol. The van der Waals surface area contributed by atoms with Crippen LogP contribution in [0.3, 0.4) is 0 Å². The molecule has 0 aliphatic heterocycles. The molecule has 0 unspecified atom stereocenters. The Morgan fingerprint density at radius 1 is 1.30 bits per heavy atom. The molecule has 0 saturated heterocycles. The minimum Gasteiger partial charge on any atom is -0.378 e. The van der Waals surface area contributed by atoms with E-state index in [1.807, 2.05) is 6.92 Å². The Hall–Kier alpha value is -0.160. The molecule has 0 heterocycles.